The number of hydrogen-bond acceptors (Lipinski definition) is 3. The quantitative estimate of drug-likeness (QED) is 0.562. The minimum atomic E-state index is 0.247. The van der Waals surface area contributed by atoms with E-state index in [1.54, 1.807) is 18.3 Å². The Morgan fingerprint density at radius 2 is 2.31 bits per heavy atom. The van der Waals surface area contributed by atoms with Gasteiger partial charge in [-0.05, 0) is 0 Å². The van der Waals surface area contributed by atoms with Gasteiger partial charge in [0.05, 0.1) is 0 Å². The Kier molecular flexibility index (Phi) is 1.51. The predicted octanol–water partition coefficient (Wildman–Crippen LogP) is 1.68. The minimum Gasteiger partial charge on any atom is -0.444 e. The van der Waals surface area contributed by atoms with Crippen molar-refractivity contribution in [2.45, 2.75) is 0 Å². The first kappa shape index (κ1) is 7.39. The molecular weight excluding hydrogens is 164 g/mol. The summed E-state index contributed by atoms with van der Waals surface area (Å²) in [5.41, 5.74) is 1.84. The van der Waals surface area contributed by atoms with Gasteiger partial charge in [0, 0.05) is 23.9 Å². The van der Waals surface area contributed by atoms with Crippen molar-refractivity contribution in [2.75, 3.05) is 0 Å². The highest BCUT2D eigenvalue weighted by molar-refractivity contribution is 5.75. The van der Waals surface area contributed by atoms with E-state index in [1.165, 1.54) is 0 Å². The molecule has 0 radical (unpaired) electrons. The van der Waals surface area contributed by atoms with Crippen molar-refractivity contribution >= 4 is 11.1 Å². The number of nitrogens with zero attached hydrogens (tertiary/aromatic N) is 2. The van der Waals surface area contributed by atoms with Crippen molar-refractivity contribution in [1.82, 2.24) is 4.98 Å². The number of furan rings is 1. The average molecular weight is 168 g/mol. The van der Waals surface area contributed by atoms with E-state index in [4.69, 9.17) is 16.1 Å². The molecule has 3 nitrogen and oxygen atoms in total. The topological polar surface area (TPSA) is 49.8 Å². The smallest absolute Gasteiger partial charge is 0.206 e. The van der Waals surface area contributed by atoms with Crippen LogP contribution in [0.15, 0.2) is 22.7 Å². The summed E-state index contributed by atoms with van der Waals surface area (Å²) >= 11 is 0. The Morgan fingerprint density at radius 1 is 1.46 bits per heavy atom. The fourth-order valence-electron chi connectivity index (χ4n) is 1.05. The van der Waals surface area contributed by atoms with Crippen molar-refractivity contribution in [3.63, 3.8) is 0 Å². The second-order valence-corrected chi connectivity index (χ2v) is 2.47. The molecule has 2 aromatic heterocycles. The third-order valence-electron chi connectivity index (χ3n) is 1.65. The van der Waals surface area contributed by atoms with E-state index in [2.05, 4.69) is 10.9 Å². The number of rotatable bonds is 0. The van der Waals surface area contributed by atoms with Gasteiger partial charge in [-0.2, -0.15) is 5.26 Å². The lowest BCUT2D eigenvalue weighted by atomic mass is 10.3. The van der Waals surface area contributed by atoms with Crippen LogP contribution in [0.2, 0.25) is 0 Å². The van der Waals surface area contributed by atoms with Crippen LogP contribution in [0.25, 0.3) is 11.1 Å². The molecule has 13 heavy (non-hydrogen) atoms. The van der Waals surface area contributed by atoms with Crippen LogP contribution >= 0.6 is 0 Å². The third kappa shape index (κ3) is 1.13. The molecule has 0 fully saturated rings. The molecule has 0 aromatic carbocycles. The minimum absolute atomic E-state index is 0.247. The van der Waals surface area contributed by atoms with Crippen molar-refractivity contribution in [1.29, 1.82) is 5.26 Å². The molecule has 0 aliphatic carbocycles. The van der Waals surface area contributed by atoms with Gasteiger partial charge in [-0.3, -0.25) is 4.98 Å². The Bertz CT molecular complexity index is 528. The van der Waals surface area contributed by atoms with E-state index in [0.717, 1.165) is 0 Å². The summed E-state index contributed by atoms with van der Waals surface area (Å²) in [4.78, 5) is 4.03. The van der Waals surface area contributed by atoms with E-state index in [-0.39, 0.29) is 5.76 Å². The first-order valence-electron chi connectivity index (χ1n) is 3.60. The molecule has 0 amide bonds. The fourth-order valence-corrected chi connectivity index (χ4v) is 1.05. The Labute approximate surface area is 74.6 Å². The molecule has 0 saturated heterocycles. The summed E-state index contributed by atoms with van der Waals surface area (Å²) in [7, 11) is 0. The molecular formula is C10H4N2O. The first-order valence-corrected chi connectivity index (χ1v) is 3.60. The Balaban J connectivity index is 2.74. The maximum atomic E-state index is 8.55. The van der Waals surface area contributed by atoms with Gasteiger partial charge in [0.25, 0.3) is 0 Å². The van der Waals surface area contributed by atoms with E-state index in [9.17, 15) is 0 Å². The van der Waals surface area contributed by atoms with E-state index in [0.29, 0.717) is 16.7 Å². The molecule has 2 rings (SSSR count). The zero-order valence-corrected chi connectivity index (χ0v) is 6.61. The van der Waals surface area contributed by atoms with Gasteiger partial charge in [0.1, 0.15) is 11.6 Å². The number of aromatic nitrogens is 1. The van der Waals surface area contributed by atoms with Crippen molar-refractivity contribution < 1.29 is 4.42 Å². The van der Waals surface area contributed by atoms with Crippen LogP contribution in [-0.4, -0.2) is 4.98 Å². The van der Waals surface area contributed by atoms with Gasteiger partial charge in [-0.15, -0.1) is 6.42 Å². The average Bonchev–Trinajstić information content (AvgIpc) is 2.58. The highest BCUT2D eigenvalue weighted by Crippen LogP contribution is 2.17. The first-order chi connectivity index (χ1) is 6.33. The zero-order chi connectivity index (χ0) is 9.26. The molecule has 0 saturated carbocycles. The number of hydrogen-bond donors (Lipinski definition) is 0. The number of fused-ring (bicyclic) bond motifs is 1. The van der Waals surface area contributed by atoms with Gasteiger partial charge in [0.15, 0.2) is 5.58 Å². The fraction of sp³-hybridized carbons (Fsp3) is 0. The number of nitriles is 1. The predicted molar refractivity (Wildman–Crippen MR) is 46.7 cm³/mol. The van der Waals surface area contributed by atoms with Crippen LogP contribution in [0.3, 0.4) is 0 Å². The summed E-state index contributed by atoms with van der Waals surface area (Å²) in [6, 6.07) is 5.16. The maximum absolute atomic E-state index is 8.55. The summed E-state index contributed by atoms with van der Waals surface area (Å²) in [5, 5.41) is 8.55. The van der Waals surface area contributed by atoms with Gasteiger partial charge in [-0.25, -0.2) is 0 Å². The number of terminal acetylenes is 1. The monoisotopic (exact) mass is 168 g/mol. The maximum Gasteiger partial charge on any atom is 0.206 e. The Hall–Kier alpha value is -2.26. The van der Waals surface area contributed by atoms with Crippen LogP contribution in [0, 0.1) is 23.7 Å². The van der Waals surface area contributed by atoms with Gasteiger partial charge < -0.3 is 4.42 Å². The highest BCUT2D eigenvalue weighted by atomic mass is 16.3. The third-order valence-corrected chi connectivity index (χ3v) is 1.65. The van der Waals surface area contributed by atoms with E-state index < -0.39 is 0 Å². The van der Waals surface area contributed by atoms with Crippen LogP contribution < -0.4 is 0 Å². The van der Waals surface area contributed by atoms with E-state index >= 15 is 0 Å². The molecule has 0 unspecified atom stereocenters. The van der Waals surface area contributed by atoms with E-state index in [1.807, 2.05) is 6.07 Å². The normalized spacial score (nSPS) is 9.38. The molecule has 0 atom stereocenters. The van der Waals surface area contributed by atoms with Gasteiger partial charge >= 0.3 is 0 Å². The molecule has 0 spiro atoms. The standard InChI is InChI=1S/C10H4N2O/c1-2-7-3-10-9(12-6-7)4-8(5-11)13-10/h1,3-4,6H. The summed E-state index contributed by atoms with van der Waals surface area (Å²) < 4.78 is 5.14. The largest absolute Gasteiger partial charge is 0.444 e. The lowest BCUT2D eigenvalue weighted by molar-refractivity contribution is 0.599. The zero-order valence-electron chi connectivity index (χ0n) is 6.61. The molecule has 3 heteroatoms. The van der Waals surface area contributed by atoms with Crippen molar-refractivity contribution in [3.8, 4) is 18.4 Å². The lowest BCUT2D eigenvalue weighted by Gasteiger charge is -1.87. The van der Waals surface area contributed by atoms with Crippen LogP contribution in [0.4, 0.5) is 0 Å². The van der Waals surface area contributed by atoms with Crippen molar-refractivity contribution in [3.05, 3.63) is 29.7 Å². The van der Waals surface area contributed by atoms with Crippen LogP contribution in [-0.2, 0) is 0 Å². The van der Waals surface area contributed by atoms with Gasteiger partial charge in [0.2, 0.25) is 5.76 Å². The molecule has 2 aromatic rings. The lowest BCUT2D eigenvalue weighted by Crippen LogP contribution is -1.76. The van der Waals surface area contributed by atoms with Gasteiger partial charge in [-0.1, -0.05) is 5.92 Å². The molecule has 0 aliphatic heterocycles. The van der Waals surface area contributed by atoms with Crippen LogP contribution in [0.5, 0.6) is 0 Å². The molecule has 60 valence electrons. The molecule has 0 bridgehead atoms. The second-order valence-electron chi connectivity index (χ2n) is 2.47. The molecule has 0 aliphatic rings. The van der Waals surface area contributed by atoms with Crippen LogP contribution in [0.1, 0.15) is 11.3 Å². The summed E-state index contributed by atoms with van der Waals surface area (Å²) in [6.07, 6.45) is 6.75. The molecule has 0 N–H and O–H groups in total. The highest BCUT2D eigenvalue weighted by Gasteiger charge is 2.03. The molecule has 2 heterocycles. The Morgan fingerprint density at radius 3 is 3.00 bits per heavy atom. The SMILES string of the molecule is C#Cc1cnc2cc(C#N)oc2c1. The van der Waals surface area contributed by atoms with Crippen molar-refractivity contribution in [2.24, 2.45) is 0 Å². The second kappa shape index (κ2) is 2.66. The summed E-state index contributed by atoms with van der Waals surface area (Å²) in [6.45, 7) is 0. The number of pyridine rings is 1. The summed E-state index contributed by atoms with van der Waals surface area (Å²) in [5.74, 6) is 2.69.